The monoisotopic (exact) mass is 278 g/mol. The molecular weight excluding hydrogens is 260 g/mol. The van der Waals surface area contributed by atoms with E-state index in [0.717, 1.165) is 12.0 Å². The first-order valence-corrected chi connectivity index (χ1v) is 6.59. The highest BCUT2D eigenvalue weighted by molar-refractivity contribution is 5.89. The Kier molecular flexibility index (Phi) is 4.95. The number of carbonyl (C=O) groups is 2. The summed E-state index contributed by atoms with van der Waals surface area (Å²) >= 11 is 0. The number of aryl methyl sites for hydroxylation is 1. The highest BCUT2D eigenvalue weighted by atomic mass is 16.5. The Labute approximate surface area is 117 Å². The molecule has 1 saturated heterocycles. The van der Waals surface area contributed by atoms with Crippen LogP contribution in [0.25, 0.3) is 0 Å². The maximum Gasteiger partial charge on any atom is 0.319 e. The van der Waals surface area contributed by atoms with Crippen molar-refractivity contribution in [1.29, 1.82) is 0 Å². The van der Waals surface area contributed by atoms with E-state index in [4.69, 9.17) is 9.84 Å². The lowest BCUT2D eigenvalue weighted by molar-refractivity contribution is -0.136. The van der Waals surface area contributed by atoms with Gasteiger partial charge in [0.25, 0.3) is 0 Å². The lowest BCUT2D eigenvalue weighted by Gasteiger charge is -2.12. The summed E-state index contributed by atoms with van der Waals surface area (Å²) in [4.78, 5) is 22.2. The smallest absolute Gasteiger partial charge is 0.319 e. The second kappa shape index (κ2) is 6.91. The average Bonchev–Trinajstić information content (AvgIpc) is 2.90. The number of urea groups is 1. The van der Waals surface area contributed by atoms with Crippen molar-refractivity contribution in [2.24, 2.45) is 0 Å². The summed E-state index contributed by atoms with van der Waals surface area (Å²) in [6.45, 7) is 1.24. The number of anilines is 1. The largest absolute Gasteiger partial charge is 0.481 e. The summed E-state index contributed by atoms with van der Waals surface area (Å²) in [5.41, 5.74) is 1.61. The Hall–Kier alpha value is -2.08. The number of hydrogen-bond acceptors (Lipinski definition) is 3. The molecule has 0 aromatic heterocycles. The minimum Gasteiger partial charge on any atom is -0.481 e. The Balaban J connectivity index is 1.80. The van der Waals surface area contributed by atoms with Gasteiger partial charge >= 0.3 is 12.0 Å². The normalized spacial score (nSPS) is 17.7. The number of carboxylic acid groups (broad SMARTS) is 1. The number of rotatable bonds is 5. The molecule has 108 valence electrons. The zero-order valence-corrected chi connectivity index (χ0v) is 11.1. The van der Waals surface area contributed by atoms with Crippen molar-refractivity contribution < 1.29 is 19.4 Å². The van der Waals surface area contributed by atoms with Crippen molar-refractivity contribution >= 4 is 17.7 Å². The maximum absolute atomic E-state index is 11.7. The second-order valence-corrected chi connectivity index (χ2v) is 4.75. The van der Waals surface area contributed by atoms with Crippen LogP contribution in [0.15, 0.2) is 24.3 Å². The van der Waals surface area contributed by atoms with Crippen LogP contribution in [0, 0.1) is 0 Å². The van der Waals surface area contributed by atoms with E-state index >= 15 is 0 Å². The quantitative estimate of drug-likeness (QED) is 0.763. The predicted molar refractivity (Wildman–Crippen MR) is 73.8 cm³/mol. The molecule has 3 N–H and O–H groups in total. The van der Waals surface area contributed by atoms with Crippen molar-refractivity contribution in [3.05, 3.63) is 29.8 Å². The molecule has 1 aliphatic heterocycles. The number of ether oxygens (including phenoxy) is 1. The highest BCUT2D eigenvalue weighted by Crippen LogP contribution is 2.11. The van der Waals surface area contributed by atoms with Gasteiger partial charge in [-0.05, 0) is 30.5 Å². The summed E-state index contributed by atoms with van der Waals surface area (Å²) < 4.78 is 5.18. The molecule has 1 aliphatic rings. The van der Waals surface area contributed by atoms with Crippen LogP contribution in [0.4, 0.5) is 10.5 Å². The predicted octanol–water partition coefficient (Wildman–Crippen LogP) is 1.61. The van der Waals surface area contributed by atoms with E-state index in [-0.39, 0.29) is 18.5 Å². The van der Waals surface area contributed by atoms with Crippen LogP contribution >= 0.6 is 0 Å². The van der Waals surface area contributed by atoms with E-state index in [9.17, 15) is 9.59 Å². The lowest BCUT2D eigenvalue weighted by Crippen LogP contribution is -2.38. The molecule has 1 atom stereocenters. The fraction of sp³-hybridized carbons (Fsp3) is 0.429. The molecule has 1 aromatic carbocycles. The summed E-state index contributed by atoms with van der Waals surface area (Å²) in [5, 5.41) is 14.2. The van der Waals surface area contributed by atoms with Crippen LogP contribution in [0.1, 0.15) is 18.4 Å². The lowest BCUT2D eigenvalue weighted by atomic mass is 10.1. The minimum atomic E-state index is -0.814. The van der Waals surface area contributed by atoms with Crippen LogP contribution in [-0.4, -0.2) is 36.4 Å². The van der Waals surface area contributed by atoms with Crippen molar-refractivity contribution in [3.8, 4) is 0 Å². The first-order chi connectivity index (χ1) is 9.63. The molecule has 0 saturated carbocycles. The van der Waals surface area contributed by atoms with Crippen molar-refractivity contribution in [2.45, 2.75) is 25.3 Å². The van der Waals surface area contributed by atoms with E-state index in [1.807, 2.05) is 12.1 Å². The Bertz CT molecular complexity index is 467. The van der Waals surface area contributed by atoms with Gasteiger partial charge in [-0.15, -0.1) is 0 Å². The van der Waals surface area contributed by atoms with Gasteiger partial charge in [-0.1, -0.05) is 12.1 Å². The van der Waals surface area contributed by atoms with Crippen molar-refractivity contribution in [2.75, 3.05) is 18.5 Å². The highest BCUT2D eigenvalue weighted by Gasteiger charge is 2.17. The molecule has 0 aliphatic carbocycles. The van der Waals surface area contributed by atoms with Gasteiger partial charge in [-0.25, -0.2) is 4.79 Å². The summed E-state index contributed by atoms with van der Waals surface area (Å²) in [5.74, 6) is -0.814. The topological polar surface area (TPSA) is 87.7 Å². The fourth-order valence-corrected chi connectivity index (χ4v) is 2.01. The number of nitrogens with one attached hydrogen (secondary N) is 2. The summed E-state index contributed by atoms with van der Waals surface area (Å²) in [6, 6.07) is 6.99. The van der Waals surface area contributed by atoms with Crippen LogP contribution in [0.2, 0.25) is 0 Å². The standard InChI is InChI=1S/C14H18N2O4/c17-13(18)6-3-10-1-4-11(5-2-10)15-14(19)16-12-7-8-20-9-12/h1-2,4-5,12H,3,6-9H2,(H,17,18)(H2,15,16,19). The SMILES string of the molecule is O=C(O)CCc1ccc(NC(=O)NC2CCOC2)cc1. The van der Waals surface area contributed by atoms with Crippen molar-refractivity contribution in [1.82, 2.24) is 5.32 Å². The van der Waals surface area contributed by atoms with Crippen LogP contribution < -0.4 is 10.6 Å². The van der Waals surface area contributed by atoms with Crippen LogP contribution in [0.5, 0.6) is 0 Å². The van der Waals surface area contributed by atoms with Gasteiger partial charge in [-0.2, -0.15) is 0 Å². The summed E-state index contributed by atoms with van der Waals surface area (Å²) in [7, 11) is 0. The maximum atomic E-state index is 11.7. The molecule has 0 radical (unpaired) electrons. The third-order valence-corrected chi connectivity index (χ3v) is 3.10. The molecule has 1 aromatic rings. The fourth-order valence-electron chi connectivity index (χ4n) is 2.01. The first kappa shape index (κ1) is 14.3. The molecule has 1 unspecified atom stereocenters. The number of aliphatic carboxylic acids is 1. The number of amides is 2. The molecule has 2 amide bonds. The molecular formula is C14H18N2O4. The third-order valence-electron chi connectivity index (χ3n) is 3.10. The minimum absolute atomic E-state index is 0.0739. The van der Waals surface area contributed by atoms with Gasteiger partial charge in [-0.3, -0.25) is 4.79 Å². The zero-order chi connectivity index (χ0) is 14.4. The van der Waals surface area contributed by atoms with Crippen molar-refractivity contribution in [3.63, 3.8) is 0 Å². The Morgan fingerprint density at radius 3 is 2.65 bits per heavy atom. The number of hydrogen-bond donors (Lipinski definition) is 3. The third kappa shape index (κ3) is 4.55. The molecule has 1 fully saturated rings. The van der Waals surface area contributed by atoms with Gasteiger partial charge in [0.05, 0.1) is 12.6 Å². The molecule has 20 heavy (non-hydrogen) atoms. The zero-order valence-electron chi connectivity index (χ0n) is 11.1. The summed E-state index contributed by atoms with van der Waals surface area (Å²) in [6.07, 6.45) is 1.43. The number of carbonyl (C=O) groups excluding carboxylic acids is 1. The van der Waals surface area contributed by atoms with E-state index < -0.39 is 5.97 Å². The van der Waals surface area contributed by atoms with Gasteiger partial charge in [0.1, 0.15) is 0 Å². The Morgan fingerprint density at radius 2 is 2.05 bits per heavy atom. The molecule has 0 bridgehead atoms. The second-order valence-electron chi connectivity index (χ2n) is 4.75. The van der Waals surface area contributed by atoms with Gasteiger partial charge in [0, 0.05) is 18.7 Å². The molecule has 1 heterocycles. The molecule has 0 spiro atoms. The van der Waals surface area contributed by atoms with Gasteiger partial charge in [0.15, 0.2) is 0 Å². The number of benzene rings is 1. The van der Waals surface area contributed by atoms with Gasteiger partial charge in [0.2, 0.25) is 0 Å². The first-order valence-electron chi connectivity index (χ1n) is 6.59. The Morgan fingerprint density at radius 1 is 1.30 bits per heavy atom. The van der Waals surface area contributed by atoms with E-state index in [0.29, 0.717) is 25.3 Å². The van der Waals surface area contributed by atoms with Crippen LogP contribution in [-0.2, 0) is 16.0 Å². The van der Waals surface area contributed by atoms with E-state index in [2.05, 4.69) is 10.6 Å². The molecule has 2 rings (SSSR count). The van der Waals surface area contributed by atoms with E-state index in [1.54, 1.807) is 12.1 Å². The number of carboxylic acids is 1. The van der Waals surface area contributed by atoms with Crippen LogP contribution in [0.3, 0.4) is 0 Å². The van der Waals surface area contributed by atoms with Gasteiger partial charge < -0.3 is 20.5 Å². The molecule has 6 heteroatoms. The average molecular weight is 278 g/mol. The van der Waals surface area contributed by atoms with E-state index in [1.165, 1.54) is 0 Å². The molecule has 6 nitrogen and oxygen atoms in total.